The fraction of sp³-hybridized carbons (Fsp3) is 0.179. The molecule has 12 aromatic rings. The first-order chi connectivity index (χ1) is 45.5. The van der Waals surface area contributed by atoms with Crippen LogP contribution in [0.1, 0.15) is 34.2 Å². The quantitative estimate of drug-likeness (QED) is 0.0861. The van der Waals surface area contributed by atoms with Gasteiger partial charge in [-0.1, -0.05) is 83.1 Å². The maximum Gasteiger partial charge on any atom is 0.322 e. The van der Waals surface area contributed by atoms with Gasteiger partial charge in [0.2, 0.25) is 11.8 Å². The molecule has 26 heteroatoms. The van der Waals surface area contributed by atoms with E-state index in [1.165, 1.54) is 0 Å². The number of rotatable bonds is 15. The molecule has 26 nitrogen and oxygen atoms in total. The van der Waals surface area contributed by atoms with Gasteiger partial charge < -0.3 is 47.7 Å². The van der Waals surface area contributed by atoms with Gasteiger partial charge in [0, 0.05) is 76.7 Å². The molecule has 6 aromatic carbocycles. The van der Waals surface area contributed by atoms with E-state index in [4.69, 9.17) is 27.7 Å². The van der Waals surface area contributed by atoms with E-state index in [1.54, 1.807) is 45.4 Å². The van der Waals surface area contributed by atoms with Crippen LogP contribution in [0.15, 0.2) is 221 Å². The van der Waals surface area contributed by atoms with Gasteiger partial charge in [0.1, 0.15) is 23.0 Å². The Hall–Kier alpha value is -12.4. The summed E-state index contributed by atoms with van der Waals surface area (Å²) in [6.45, 7) is 8.19. The first-order valence-electron chi connectivity index (χ1n) is 29.7. The molecule has 0 spiro atoms. The van der Waals surface area contributed by atoms with Gasteiger partial charge in [0.05, 0.1) is 53.8 Å². The van der Waals surface area contributed by atoms with Crippen LogP contribution in [0.2, 0.25) is 0 Å². The number of nitrogens with one attached hydrogen (secondary N) is 3. The van der Waals surface area contributed by atoms with Crippen LogP contribution in [0.5, 0.6) is 17.2 Å². The standard InChI is InChI=1S/C23H21N5O3.2C22H20N6O3/c1-16-13-22(26-31-16)25-23(29)21-15-27(19-5-2-3-6-20(19)30-21)14-17-7-9-18(10-8-17)28-12-4-11-24-28;1-15-25-26-22(30-15)24-21(29)20-14-27(18-5-2-3-6-19(18)31-20)13-16-7-9-17(10-8-16)28-12-4-11-23-28;1-15-24-22(26-31-15)25-21(29)20-14-27(18-5-2-3-6-19(18)30-20)13-16-7-9-17(10-8-16)28-12-4-11-23-28/h2-13,21H,14-15H2,1H3,(H,25,26,29);2-12,20H,13-14H2,1H3,(H,24,26,29);2-12,20H,13-14H2,1H3,(H,25,26,29). The van der Waals surface area contributed by atoms with Crippen molar-refractivity contribution in [1.29, 1.82) is 0 Å². The number of hydrogen-bond acceptors (Lipinski definition) is 20. The minimum absolute atomic E-state index is 0.0609. The molecule has 3 unspecified atom stereocenters. The minimum atomic E-state index is -0.717. The predicted octanol–water partition coefficient (Wildman–Crippen LogP) is 9.52. The lowest BCUT2D eigenvalue weighted by Crippen LogP contribution is -2.46. The Bertz CT molecular complexity index is 4010. The van der Waals surface area contributed by atoms with E-state index in [2.05, 4.69) is 108 Å². The van der Waals surface area contributed by atoms with Gasteiger partial charge in [-0.25, -0.2) is 14.0 Å². The summed E-state index contributed by atoms with van der Waals surface area (Å²) < 4.78 is 38.5. The molecule has 3 aliphatic rings. The van der Waals surface area contributed by atoms with Crippen LogP contribution in [0, 0.1) is 20.8 Å². The lowest BCUT2D eigenvalue weighted by atomic mass is 10.1. The van der Waals surface area contributed by atoms with E-state index in [9.17, 15) is 14.4 Å². The lowest BCUT2D eigenvalue weighted by Gasteiger charge is -2.35. The van der Waals surface area contributed by atoms with Crippen molar-refractivity contribution in [2.45, 2.75) is 58.7 Å². The van der Waals surface area contributed by atoms with Crippen LogP contribution in [0.3, 0.4) is 0 Å². The third-order valence-corrected chi connectivity index (χ3v) is 15.1. The zero-order chi connectivity index (χ0) is 63.6. The number of ether oxygens (including phenoxy) is 3. The summed E-state index contributed by atoms with van der Waals surface area (Å²) in [5, 5.41) is 35.9. The number of aromatic nitrogens is 11. The Morgan fingerprint density at radius 2 is 0.860 bits per heavy atom. The van der Waals surface area contributed by atoms with Gasteiger partial charge in [0.15, 0.2) is 24.1 Å². The van der Waals surface area contributed by atoms with Crippen LogP contribution in [0.25, 0.3) is 17.1 Å². The van der Waals surface area contributed by atoms with Crippen molar-refractivity contribution in [2.24, 2.45) is 0 Å². The van der Waals surface area contributed by atoms with Crippen LogP contribution >= 0.6 is 0 Å². The maximum atomic E-state index is 12.8. The number of benzene rings is 6. The van der Waals surface area contributed by atoms with Gasteiger partial charge in [-0.2, -0.15) is 20.3 Å². The molecule has 0 saturated heterocycles. The molecule has 3 N–H and O–H groups in total. The number of amides is 3. The normalized spacial score (nSPS) is 15.3. The molecule has 9 heterocycles. The highest BCUT2D eigenvalue weighted by molar-refractivity contribution is 5.95. The van der Waals surface area contributed by atoms with Crippen molar-refractivity contribution >= 4 is 52.6 Å². The molecular weight excluding hydrogens is 1190 g/mol. The summed E-state index contributed by atoms with van der Waals surface area (Å²) in [7, 11) is 0. The Balaban J connectivity index is 0.000000127. The zero-order valence-electron chi connectivity index (χ0n) is 50.5. The molecule has 3 aliphatic heterocycles. The fourth-order valence-electron chi connectivity index (χ4n) is 10.7. The first-order valence-corrected chi connectivity index (χ1v) is 29.7. The number of fused-ring (bicyclic) bond motifs is 3. The molecule has 3 atom stereocenters. The number of hydrogen-bond donors (Lipinski definition) is 3. The summed E-state index contributed by atoms with van der Waals surface area (Å²) in [6, 6.07) is 55.1. The Kier molecular flexibility index (Phi) is 17.4. The molecule has 6 aromatic heterocycles. The molecular formula is C67H61N17O9. The fourth-order valence-corrected chi connectivity index (χ4v) is 10.7. The van der Waals surface area contributed by atoms with Crippen LogP contribution in [-0.2, 0) is 34.0 Å². The van der Waals surface area contributed by atoms with Gasteiger partial charge >= 0.3 is 6.01 Å². The van der Waals surface area contributed by atoms with Crippen molar-refractivity contribution in [3.8, 4) is 34.3 Å². The Labute approximate surface area is 531 Å². The Morgan fingerprint density at radius 1 is 0.452 bits per heavy atom. The molecule has 0 bridgehead atoms. The summed E-state index contributed by atoms with van der Waals surface area (Å²) in [4.78, 5) is 48.8. The lowest BCUT2D eigenvalue weighted by molar-refractivity contribution is -0.123. The topological polar surface area (TPSA) is 282 Å². The van der Waals surface area contributed by atoms with Crippen LogP contribution in [0.4, 0.5) is 34.8 Å². The third-order valence-electron chi connectivity index (χ3n) is 15.1. The number of anilines is 6. The van der Waals surface area contributed by atoms with Gasteiger partial charge in [-0.15, -0.1) is 5.10 Å². The van der Waals surface area contributed by atoms with Crippen molar-refractivity contribution < 1.29 is 42.1 Å². The number of carbonyl (C=O) groups excluding carboxylic acids is 3. The van der Waals surface area contributed by atoms with E-state index < -0.39 is 18.3 Å². The van der Waals surface area contributed by atoms with E-state index in [1.807, 2.05) is 160 Å². The number of nitrogens with zero attached hydrogens (tertiary/aromatic N) is 14. The monoisotopic (exact) mass is 1250 g/mol. The highest BCUT2D eigenvalue weighted by atomic mass is 16.5. The zero-order valence-corrected chi connectivity index (χ0v) is 50.5. The molecule has 0 radical (unpaired) electrons. The van der Waals surface area contributed by atoms with Crippen LogP contribution in [-0.4, -0.2) is 111 Å². The highest BCUT2D eigenvalue weighted by Gasteiger charge is 2.34. The number of para-hydroxylation sites is 6. The SMILES string of the molecule is Cc1cc(NC(=O)C2CN(Cc3ccc(-n4cccn4)cc3)c3ccccc3O2)no1.Cc1nc(NC(=O)C2CN(Cc3ccc(-n4cccn4)cc3)c3ccccc3O2)no1.Cc1nnc(NC(=O)C2CN(Cc3ccc(-n4cccn4)cc3)c3ccccc3O2)o1. The third kappa shape index (κ3) is 14.4. The predicted molar refractivity (Wildman–Crippen MR) is 342 cm³/mol. The van der Waals surface area contributed by atoms with E-state index in [0.29, 0.717) is 79.9 Å². The average Bonchev–Trinajstić information content (AvgIpc) is 1.62. The second-order valence-electron chi connectivity index (χ2n) is 21.8. The molecule has 15 rings (SSSR count). The number of carbonyl (C=O) groups is 3. The minimum Gasteiger partial charge on any atom is -0.477 e. The van der Waals surface area contributed by atoms with Gasteiger partial charge in [-0.3, -0.25) is 25.0 Å². The second-order valence-corrected chi connectivity index (χ2v) is 21.8. The van der Waals surface area contributed by atoms with E-state index >= 15 is 0 Å². The van der Waals surface area contributed by atoms with E-state index in [0.717, 1.165) is 50.8 Å². The smallest absolute Gasteiger partial charge is 0.322 e. The second kappa shape index (κ2) is 27.2. The molecule has 3 amide bonds. The van der Waals surface area contributed by atoms with Crippen molar-refractivity contribution in [3.63, 3.8) is 0 Å². The molecule has 0 fully saturated rings. The largest absolute Gasteiger partial charge is 0.477 e. The Morgan fingerprint density at radius 3 is 1.22 bits per heavy atom. The first kappa shape index (κ1) is 59.6. The highest BCUT2D eigenvalue weighted by Crippen LogP contribution is 2.37. The van der Waals surface area contributed by atoms with Crippen molar-refractivity contribution in [2.75, 3.05) is 50.3 Å². The molecule has 0 aliphatic carbocycles. The summed E-state index contributed by atoms with van der Waals surface area (Å²) in [6.07, 6.45) is 8.87. The van der Waals surface area contributed by atoms with Crippen molar-refractivity contribution in [1.82, 2.24) is 54.8 Å². The average molecular weight is 1250 g/mol. The summed E-state index contributed by atoms with van der Waals surface area (Å²) in [5.74, 6) is 2.97. The van der Waals surface area contributed by atoms with Gasteiger partial charge in [0.25, 0.3) is 23.7 Å². The summed E-state index contributed by atoms with van der Waals surface area (Å²) >= 11 is 0. The van der Waals surface area contributed by atoms with Gasteiger partial charge in [-0.05, 0) is 120 Å². The molecule has 0 saturated carbocycles. The summed E-state index contributed by atoms with van der Waals surface area (Å²) in [5.41, 5.74) is 9.16. The van der Waals surface area contributed by atoms with Crippen LogP contribution < -0.4 is 44.9 Å². The number of aryl methyl sites for hydroxylation is 3. The maximum absolute atomic E-state index is 12.8. The van der Waals surface area contributed by atoms with E-state index in [-0.39, 0.29) is 29.7 Å². The molecule has 93 heavy (non-hydrogen) atoms. The molecule has 468 valence electrons. The van der Waals surface area contributed by atoms with Crippen molar-refractivity contribution in [3.05, 3.63) is 241 Å².